The van der Waals surface area contributed by atoms with E-state index in [1.165, 1.54) is 0 Å². The van der Waals surface area contributed by atoms with Gasteiger partial charge in [0.1, 0.15) is 6.04 Å². The summed E-state index contributed by atoms with van der Waals surface area (Å²) in [5.74, 6) is -1.40. The maximum atomic E-state index is 12.4. The summed E-state index contributed by atoms with van der Waals surface area (Å²) in [6.45, 7) is 5.49. The Hall–Kier alpha value is -2.32. The molecule has 0 saturated heterocycles. The lowest BCUT2D eigenvalue weighted by molar-refractivity contribution is -0.129. The van der Waals surface area contributed by atoms with E-state index in [1.54, 1.807) is 13.8 Å². The van der Waals surface area contributed by atoms with Crippen molar-refractivity contribution in [2.75, 3.05) is 6.54 Å². The van der Waals surface area contributed by atoms with Crippen molar-refractivity contribution >= 4 is 23.8 Å². The van der Waals surface area contributed by atoms with E-state index in [0.717, 1.165) is 0 Å². The largest absolute Gasteiger partial charge is 0.465 e. The summed E-state index contributed by atoms with van der Waals surface area (Å²) in [4.78, 5) is 45.7. The zero-order valence-corrected chi connectivity index (χ0v) is 15.1. The van der Waals surface area contributed by atoms with Crippen molar-refractivity contribution in [1.29, 1.82) is 0 Å². The van der Waals surface area contributed by atoms with Gasteiger partial charge in [-0.15, -0.1) is 0 Å². The molecule has 0 fully saturated rings. The maximum Gasteiger partial charge on any atom is 0.404 e. The Morgan fingerprint density at radius 3 is 2.28 bits per heavy atom. The van der Waals surface area contributed by atoms with Crippen molar-refractivity contribution in [3.63, 3.8) is 0 Å². The Bertz CT molecular complexity index is 469. The van der Waals surface area contributed by atoms with E-state index >= 15 is 0 Å². The number of carbonyl (C=O) groups is 4. The van der Waals surface area contributed by atoms with E-state index in [4.69, 9.17) is 10.8 Å². The Labute approximate surface area is 148 Å². The van der Waals surface area contributed by atoms with Crippen molar-refractivity contribution in [1.82, 2.24) is 16.0 Å². The fourth-order valence-electron chi connectivity index (χ4n) is 2.31. The molecule has 0 bridgehead atoms. The molecule has 0 aliphatic carbocycles. The molecule has 4 amide bonds. The normalized spacial score (nSPS) is 14.0. The van der Waals surface area contributed by atoms with E-state index in [1.807, 2.05) is 6.92 Å². The predicted molar refractivity (Wildman–Crippen MR) is 92.7 cm³/mol. The van der Waals surface area contributed by atoms with Gasteiger partial charge in [-0.25, -0.2) is 4.79 Å². The van der Waals surface area contributed by atoms with E-state index in [9.17, 15) is 19.2 Å². The fourth-order valence-corrected chi connectivity index (χ4v) is 2.31. The lowest BCUT2D eigenvalue weighted by Crippen LogP contribution is -2.49. The summed E-state index contributed by atoms with van der Waals surface area (Å²) in [6.07, 6.45) is 0.948. The average molecular weight is 358 g/mol. The van der Waals surface area contributed by atoms with Gasteiger partial charge < -0.3 is 26.8 Å². The number of carboxylic acid groups (broad SMARTS) is 1. The second-order valence-corrected chi connectivity index (χ2v) is 6.19. The molecule has 3 atom stereocenters. The molecular formula is C16H30N4O5. The van der Waals surface area contributed by atoms with Gasteiger partial charge in [0.2, 0.25) is 17.7 Å². The summed E-state index contributed by atoms with van der Waals surface area (Å²) < 4.78 is 0. The first-order valence-corrected chi connectivity index (χ1v) is 8.53. The second-order valence-electron chi connectivity index (χ2n) is 6.19. The highest BCUT2D eigenvalue weighted by Gasteiger charge is 2.23. The molecule has 9 nitrogen and oxygen atoms in total. The molecule has 0 aliphatic heterocycles. The number of primary amides is 1. The van der Waals surface area contributed by atoms with E-state index in [-0.39, 0.29) is 30.3 Å². The van der Waals surface area contributed by atoms with Crippen molar-refractivity contribution < 1.29 is 24.3 Å². The van der Waals surface area contributed by atoms with Crippen LogP contribution in [0.15, 0.2) is 0 Å². The highest BCUT2D eigenvalue weighted by Crippen LogP contribution is 2.06. The van der Waals surface area contributed by atoms with Crippen LogP contribution in [-0.4, -0.2) is 47.5 Å². The number of nitrogens with one attached hydrogen (secondary N) is 3. The quantitative estimate of drug-likeness (QED) is 0.319. The Kier molecular flexibility index (Phi) is 11.0. The minimum Gasteiger partial charge on any atom is -0.465 e. The van der Waals surface area contributed by atoms with Crippen LogP contribution in [0.5, 0.6) is 0 Å². The van der Waals surface area contributed by atoms with Gasteiger partial charge in [-0.3, -0.25) is 14.4 Å². The molecule has 0 heterocycles. The first-order valence-electron chi connectivity index (χ1n) is 8.53. The monoisotopic (exact) mass is 358 g/mol. The van der Waals surface area contributed by atoms with Crippen LogP contribution in [0.4, 0.5) is 4.79 Å². The minimum atomic E-state index is -1.13. The van der Waals surface area contributed by atoms with Crippen LogP contribution >= 0.6 is 0 Å². The summed E-state index contributed by atoms with van der Waals surface area (Å²) in [5.41, 5.74) is 5.22. The molecule has 6 N–H and O–H groups in total. The molecule has 0 aromatic heterocycles. The van der Waals surface area contributed by atoms with Gasteiger partial charge in [0, 0.05) is 24.9 Å². The van der Waals surface area contributed by atoms with Gasteiger partial charge in [-0.2, -0.15) is 0 Å². The third-order valence-electron chi connectivity index (χ3n) is 3.66. The van der Waals surface area contributed by atoms with Gasteiger partial charge in [-0.1, -0.05) is 13.8 Å². The third kappa shape index (κ3) is 11.0. The second kappa shape index (κ2) is 12.1. The van der Waals surface area contributed by atoms with Crippen molar-refractivity contribution in [3.05, 3.63) is 0 Å². The fraction of sp³-hybridized carbons (Fsp3) is 0.750. The summed E-state index contributed by atoms with van der Waals surface area (Å²) >= 11 is 0. The van der Waals surface area contributed by atoms with Crippen molar-refractivity contribution in [2.24, 2.45) is 11.7 Å². The maximum absolute atomic E-state index is 12.4. The predicted octanol–water partition coefficient (Wildman–Crippen LogP) is 0.335. The highest BCUT2D eigenvalue weighted by molar-refractivity contribution is 5.87. The van der Waals surface area contributed by atoms with Crippen LogP contribution in [0, 0.1) is 5.92 Å². The number of carbonyl (C=O) groups excluding carboxylic acids is 3. The minimum absolute atomic E-state index is 0.191. The highest BCUT2D eigenvalue weighted by atomic mass is 16.4. The van der Waals surface area contributed by atoms with Crippen LogP contribution < -0.4 is 21.7 Å². The van der Waals surface area contributed by atoms with Crippen LogP contribution in [0.25, 0.3) is 0 Å². The van der Waals surface area contributed by atoms with E-state index < -0.39 is 18.0 Å². The van der Waals surface area contributed by atoms with Gasteiger partial charge in [0.15, 0.2) is 0 Å². The number of rotatable bonds is 12. The lowest BCUT2D eigenvalue weighted by Gasteiger charge is -2.22. The van der Waals surface area contributed by atoms with E-state index in [0.29, 0.717) is 32.1 Å². The van der Waals surface area contributed by atoms with Crippen LogP contribution in [0.2, 0.25) is 0 Å². The molecule has 25 heavy (non-hydrogen) atoms. The molecule has 0 spiro atoms. The molecule has 0 rings (SSSR count). The topological polar surface area (TPSA) is 151 Å². The SMILES string of the molecule is CCCC(=O)N[C@@H](CCCNC(=O)O)C(=O)N[C@@H](C)C[C@H](C)C(N)=O. The van der Waals surface area contributed by atoms with E-state index in [2.05, 4.69) is 16.0 Å². The Morgan fingerprint density at radius 1 is 1.12 bits per heavy atom. The molecule has 0 unspecified atom stereocenters. The van der Waals surface area contributed by atoms with Gasteiger partial charge in [-0.05, 0) is 32.6 Å². The molecule has 0 radical (unpaired) electrons. The molecule has 144 valence electrons. The zero-order valence-electron chi connectivity index (χ0n) is 15.1. The molecule has 0 aromatic rings. The van der Waals surface area contributed by atoms with Gasteiger partial charge >= 0.3 is 6.09 Å². The third-order valence-corrected chi connectivity index (χ3v) is 3.66. The van der Waals surface area contributed by atoms with Crippen molar-refractivity contribution in [2.45, 2.75) is 65.0 Å². The number of nitrogens with two attached hydrogens (primary N) is 1. The smallest absolute Gasteiger partial charge is 0.404 e. The first kappa shape index (κ1) is 22.7. The number of amides is 4. The van der Waals surface area contributed by atoms with Gasteiger partial charge in [0.25, 0.3) is 0 Å². The molecule has 0 aliphatic rings. The number of hydrogen-bond acceptors (Lipinski definition) is 4. The zero-order chi connectivity index (χ0) is 19.4. The number of hydrogen-bond donors (Lipinski definition) is 5. The summed E-state index contributed by atoms with van der Waals surface area (Å²) in [5, 5.41) is 16.2. The Morgan fingerprint density at radius 2 is 1.76 bits per heavy atom. The summed E-state index contributed by atoms with van der Waals surface area (Å²) in [6, 6.07) is -1.03. The standard InChI is InChI=1S/C16H30N4O5/c1-4-6-13(21)20-12(7-5-8-18-16(24)25)15(23)19-11(3)9-10(2)14(17)22/h10-12,18H,4-9H2,1-3H3,(H2,17,22)(H,19,23)(H,20,21)(H,24,25)/t10-,11-,12-/m0/s1. The Balaban J connectivity index is 4.63. The average Bonchev–Trinajstić information content (AvgIpc) is 2.49. The molecular weight excluding hydrogens is 328 g/mol. The summed E-state index contributed by atoms with van der Waals surface area (Å²) in [7, 11) is 0. The van der Waals surface area contributed by atoms with Crippen LogP contribution in [-0.2, 0) is 14.4 Å². The van der Waals surface area contributed by atoms with Crippen LogP contribution in [0.3, 0.4) is 0 Å². The van der Waals surface area contributed by atoms with Crippen LogP contribution in [0.1, 0.15) is 52.9 Å². The first-order chi connectivity index (χ1) is 11.7. The molecule has 9 heteroatoms. The molecule has 0 saturated carbocycles. The van der Waals surface area contributed by atoms with Crippen molar-refractivity contribution in [3.8, 4) is 0 Å². The molecule has 0 aromatic carbocycles. The van der Waals surface area contributed by atoms with Gasteiger partial charge in [0.05, 0.1) is 0 Å². The lowest BCUT2D eigenvalue weighted by atomic mass is 10.0.